The molecular formula is C18H25NO4. The van der Waals surface area contributed by atoms with Gasteiger partial charge in [0.1, 0.15) is 6.10 Å². The molecule has 2 atom stereocenters. The van der Waals surface area contributed by atoms with Gasteiger partial charge in [-0.25, -0.2) is 0 Å². The van der Waals surface area contributed by atoms with Gasteiger partial charge >= 0.3 is 0 Å². The summed E-state index contributed by atoms with van der Waals surface area (Å²) in [5.74, 6) is -0.128. The Hall–Kier alpha value is -1.69. The number of aliphatic hydroxyl groups is 1. The molecule has 5 nitrogen and oxygen atoms in total. The smallest absolute Gasteiger partial charge is 0.251 e. The largest absolute Gasteiger partial charge is 0.392 e. The standard InChI is InChI=1S/C18H25NO4/c1-13(2)7-10-23-17-12-22-9-8-16(17)19-18(21)15-5-3-14(11-20)4-6-15/h3-7,16-17,20H,8-12H2,1-2H3,(H,19,21)/t16-,17-/m1/s1. The van der Waals surface area contributed by atoms with Crippen molar-refractivity contribution in [2.75, 3.05) is 19.8 Å². The molecule has 1 heterocycles. The summed E-state index contributed by atoms with van der Waals surface area (Å²) in [4.78, 5) is 12.4. The molecule has 1 aliphatic heterocycles. The molecule has 23 heavy (non-hydrogen) atoms. The van der Waals surface area contributed by atoms with Gasteiger partial charge in [-0.1, -0.05) is 23.8 Å². The molecule has 0 bridgehead atoms. The number of nitrogens with one attached hydrogen (secondary N) is 1. The second-order valence-electron chi connectivity index (χ2n) is 5.95. The maximum Gasteiger partial charge on any atom is 0.251 e. The number of hydrogen-bond donors (Lipinski definition) is 2. The number of hydrogen-bond acceptors (Lipinski definition) is 4. The summed E-state index contributed by atoms with van der Waals surface area (Å²) >= 11 is 0. The van der Waals surface area contributed by atoms with Gasteiger partial charge in [0.05, 0.1) is 25.9 Å². The van der Waals surface area contributed by atoms with Crippen LogP contribution in [0.15, 0.2) is 35.9 Å². The third kappa shape index (κ3) is 5.46. The average molecular weight is 319 g/mol. The highest BCUT2D eigenvalue weighted by Gasteiger charge is 2.28. The van der Waals surface area contributed by atoms with Gasteiger partial charge in [-0.15, -0.1) is 0 Å². The first-order valence-electron chi connectivity index (χ1n) is 7.93. The zero-order chi connectivity index (χ0) is 16.7. The van der Waals surface area contributed by atoms with E-state index in [9.17, 15) is 4.79 Å². The summed E-state index contributed by atoms with van der Waals surface area (Å²) in [6.07, 6.45) is 2.61. The molecule has 0 saturated carbocycles. The Bertz CT molecular complexity index is 534. The number of ether oxygens (including phenoxy) is 2. The lowest BCUT2D eigenvalue weighted by Crippen LogP contribution is -2.50. The molecule has 0 aliphatic carbocycles. The van der Waals surface area contributed by atoms with Gasteiger partial charge in [-0.2, -0.15) is 0 Å². The highest BCUT2D eigenvalue weighted by molar-refractivity contribution is 5.94. The van der Waals surface area contributed by atoms with E-state index in [2.05, 4.69) is 5.32 Å². The predicted molar refractivity (Wildman–Crippen MR) is 88.2 cm³/mol. The van der Waals surface area contributed by atoms with Gasteiger partial charge in [0.25, 0.3) is 5.91 Å². The molecule has 0 radical (unpaired) electrons. The number of carbonyl (C=O) groups excluding carboxylic acids is 1. The quantitative estimate of drug-likeness (QED) is 0.788. The van der Waals surface area contributed by atoms with Crippen LogP contribution >= 0.6 is 0 Å². The van der Waals surface area contributed by atoms with Crippen LogP contribution in [0.4, 0.5) is 0 Å². The minimum atomic E-state index is -0.139. The van der Waals surface area contributed by atoms with Gasteiger partial charge in [-0.05, 0) is 38.0 Å². The molecule has 1 saturated heterocycles. The minimum Gasteiger partial charge on any atom is -0.392 e. The van der Waals surface area contributed by atoms with Crippen molar-refractivity contribution < 1.29 is 19.4 Å². The third-order valence-corrected chi connectivity index (χ3v) is 3.82. The van der Waals surface area contributed by atoms with E-state index in [0.717, 1.165) is 12.0 Å². The lowest BCUT2D eigenvalue weighted by Gasteiger charge is -2.31. The summed E-state index contributed by atoms with van der Waals surface area (Å²) in [5.41, 5.74) is 2.57. The zero-order valence-corrected chi connectivity index (χ0v) is 13.7. The summed E-state index contributed by atoms with van der Waals surface area (Å²) in [7, 11) is 0. The first kappa shape index (κ1) is 17.7. The van der Waals surface area contributed by atoms with E-state index < -0.39 is 0 Å². The van der Waals surface area contributed by atoms with Crippen molar-refractivity contribution in [3.8, 4) is 0 Å². The van der Waals surface area contributed by atoms with E-state index >= 15 is 0 Å². The first-order valence-corrected chi connectivity index (χ1v) is 7.93. The molecule has 2 N–H and O–H groups in total. The zero-order valence-electron chi connectivity index (χ0n) is 13.7. The van der Waals surface area contributed by atoms with Crippen molar-refractivity contribution in [1.29, 1.82) is 0 Å². The van der Waals surface area contributed by atoms with Gasteiger partial charge in [0.2, 0.25) is 0 Å². The van der Waals surface area contributed by atoms with Crippen molar-refractivity contribution >= 4 is 5.91 Å². The van der Waals surface area contributed by atoms with Crippen LogP contribution in [0.5, 0.6) is 0 Å². The SMILES string of the molecule is CC(C)=CCO[C@@H]1COCC[C@H]1NC(=O)c1ccc(CO)cc1. The Morgan fingerprint density at radius 2 is 2.13 bits per heavy atom. The van der Waals surface area contributed by atoms with Crippen LogP contribution < -0.4 is 5.32 Å². The third-order valence-electron chi connectivity index (χ3n) is 3.82. The molecule has 1 amide bonds. The molecule has 0 spiro atoms. The Labute approximate surface area is 137 Å². The van der Waals surface area contributed by atoms with E-state index in [4.69, 9.17) is 14.6 Å². The molecule has 1 fully saturated rings. The first-order chi connectivity index (χ1) is 11.1. The fourth-order valence-corrected chi connectivity index (χ4v) is 2.39. The van der Waals surface area contributed by atoms with Crippen molar-refractivity contribution in [1.82, 2.24) is 5.32 Å². The molecule has 0 unspecified atom stereocenters. The monoisotopic (exact) mass is 319 g/mol. The molecule has 1 aromatic rings. The van der Waals surface area contributed by atoms with E-state index in [1.165, 1.54) is 5.57 Å². The highest BCUT2D eigenvalue weighted by atomic mass is 16.5. The number of benzene rings is 1. The predicted octanol–water partition coefficient (Wildman–Crippen LogP) is 2.05. The molecule has 1 aliphatic rings. The second-order valence-corrected chi connectivity index (χ2v) is 5.95. The van der Waals surface area contributed by atoms with Crippen molar-refractivity contribution in [2.45, 2.75) is 39.0 Å². The number of rotatable bonds is 6. The lowest BCUT2D eigenvalue weighted by molar-refractivity contribution is -0.0589. The molecular weight excluding hydrogens is 294 g/mol. The molecule has 1 aromatic carbocycles. The van der Waals surface area contributed by atoms with Crippen molar-refractivity contribution in [3.63, 3.8) is 0 Å². The molecule has 2 rings (SSSR count). The lowest BCUT2D eigenvalue weighted by atomic mass is 10.0. The van der Waals surface area contributed by atoms with E-state index in [1.54, 1.807) is 24.3 Å². The van der Waals surface area contributed by atoms with Crippen LogP contribution in [0.1, 0.15) is 36.2 Å². The Morgan fingerprint density at radius 1 is 1.39 bits per heavy atom. The van der Waals surface area contributed by atoms with Crippen molar-refractivity contribution in [3.05, 3.63) is 47.0 Å². The summed E-state index contributed by atoms with van der Waals surface area (Å²) < 4.78 is 11.3. The average Bonchev–Trinajstić information content (AvgIpc) is 2.56. The number of amides is 1. The van der Waals surface area contributed by atoms with E-state index in [1.807, 2.05) is 19.9 Å². The number of carbonyl (C=O) groups is 1. The molecule has 5 heteroatoms. The van der Waals surface area contributed by atoms with Gasteiger partial charge in [0, 0.05) is 12.2 Å². The highest BCUT2D eigenvalue weighted by Crippen LogP contribution is 2.13. The van der Waals surface area contributed by atoms with Crippen LogP contribution in [0, 0.1) is 0 Å². The van der Waals surface area contributed by atoms with E-state index in [0.29, 0.717) is 25.4 Å². The topological polar surface area (TPSA) is 67.8 Å². The van der Waals surface area contributed by atoms with Crippen LogP contribution in [-0.4, -0.2) is 43.0 Å². The maximum atomic E-state index is 12.4. The fraction of sp³-hybridized carbons (Fsp3) is 0.500. The Kier molecular flexibility index (Phi) is 6.77. The normalized spacial score (nSPS) is 20.8. The molecule has 0 aromatic heterocycles. The van der Waals surface area contributed by atoms with Gasteiger partial charge < -0.3 is 19.9 Å². The second kappa shape index (κ2) is 8.82. The minimum absolute atomic E-state index is 0.0257. The van der Waals surface area contributed by atoms with E-state index in [-0.39, 0.29) is 24.7 Å². The van der Waals surface area contributed by atoms with Gasteiger partial charge in [-0.3, -0.25) is 4.79 Å². The summed E-state index contributed by atoms with van der Waals surface area (Å²) in [6.45, 7) is 5.66. The Morgan fingerprint density at radius 3 is 2.78 bits per heavy atom. The Balaban J connectivity index is 1.94. The molecule has 126 valence electrons. The number of aliphatic hydroxyl groups excluding tert-OH is 1. The summed E-state index contributed by atoms with van der Waals surface area (Å²) in [5, 5.41) is 12.1. The van der Waals surface area contributed by atoms with Crippen LogP contribution in [0.25, 0.3) is 0 Å². The van der Waals surface area contributed by atoms with Crippen LogP contribution in [0.2, 0.25) is 0 Å². The maximum absolute atomic E-state index is 12.4. The summed E-state index contributed by atoms with van der Waals surface area (Å²) in [6, 6.07) is 6.89. The van der Waals surface area contributed by atoms with Crippen molar-refractivity contribution in [2.24, 2.45) is 0 Å². The van der Waals surface area contributed by atoms with Crippen LogP contribution in [-0.2, 0) is 16.1 Å². The van der Waals surface area contributed by atoms with Gasteiger partial charge in [0.15, 0.2) is 0 Å². The van der Waals surface area contributed by atoms with Crippen LogP contribution in [0.3, 0.4) is 0 Å². The number of allylic oxidation sites excluding steroid dienone is 1. The fourth-order valence-electron chi connectivity index (χ4n) is 2.39.